The van der Waals surface area contributed by atoms with Crippen molar-refractivity contribution in [1.29, 1.82) is 0 Å². The van der Waals surface area contributed by atoms with E-state index < -0.39 is 0 Å². The van der Waals surface area contributed by atoms with Crippen molar-refractivity contribution in [3.63, 3.8) is 0 Å². The molecule has 2 aromatic rings. The van der Waals surface area contributed by atoms with E-state index in [2.05, 4.69) is 10.2 Å². The molecule has 20 heavy (non-hydrogen) atoms. The first kappa shape index (κ1) is 15.1. The maximum atomic E-state index is 11.8. The summed E-state index contributed by atoms with van der Waals surface area (Å²) in [6, 6.07) is 3.84. The van der Waals surface area contributed by atoms with E-state index in [0.717, 1.165) is 17.7 Å². The molecule has 2 rings (SSSR count). The summed E-state index contributed by atoms with van der Waals surface area (Å²) >= 11 is 2.81. The Bertz CT molecular complexity index is 540. The van der Waals surface area contributed by atoms with Crippen molar-refractivity contribution in [3.8, 4) is 10.8 Å². The van der Waals surface area contributed by atoms with Gasteiger partial charge in [-0.3, -0.25) is 4.79 Å². The van der Waals surface area contributed by atoms with Crippen LogP contribution in [0.2, 0.25) is 0 Å². The van der Waals surface area contributed by atoms with Gasteiger partial charge in [-0.2, -0.15) is 0 Å². The van der Waals surface area contributed by atoms with Crippen LogP contribution in [0, 0.1) is 0 Å². The number of hydrogen-bond acceptors (Lipinski definition) is 7. The molecule has 7 heteroatoms. The minimum atomic E-state index is -0.295. The van der Waals surface area contributed by atoms with Crippen molar-refractivity contribution in [2.75, 3.05) is 6.61 Å². The van der Waals surface area contributed by atoms with Gasteiger partial charge in [0.15, 0.2) is 0 Å². The molecule has 1 unspecified atom stereocenters. The molecule has 0 saturated heterocycles. The Morgan fingerprint density at radius 1 is 1.50 bits per heavy atom. The molecular formula is C13H16N2O3S2. The summed E-state index contributed by atoms with van der Waals surface area (Å²) in [7, 11) is 0. The van der Waals surface area contributed by atoms with Crippen molar-refractivity contribution in [3.05, 3.63) is 17.5 Å². The Labute approximate surface area is 125 Å². The van der Waals surface area contributed by atoms with Crippen LogP contribution in [0.4, 0.5) is 0 Å². The standard InChI is InChI=1S/C13H16N2O3S2/c1-3-6-10(12(16)17-4-2)20-13-15-14-11(18-13)9-7-5-8-19-9/h5,7-8,10H,3-4,6H2,1-2H3. The fourth-order valence-corrected chi connectivity index (χ4v) is 3.22. The Hall–Kier alpha value is -1.34. The number of hydrogen-bond donors (Lipinski definition) is 0. The van der Waals surface area contributed by atoms with Crippen LogP contribution in [0.3, 0.4) is 0 Å². The second kappa shape index (κ2) is 7.44. The van der Waals surface area contributed by atoms with Gasteiger partial charge in [0.2, 0.25) is 0 Å². The van der Waals surface area contributed by atoms with Crippen LogP contribution >= 0.6 is 23.1 Å². The van der Waals surface area contributed by atoms with Crippen LogP contribution < -0.4 is 0 Å². The van der Waals surface area contributed by atoms with Crippen LogP contribution in [0.5, 0.6) is 0 Å². The number of carbonyl (C=O) groups is 1. The van der Waals surface area contributed by atoms with Crippen LogP contribution in [0.1, 0.15) is 26.7 Å². The van der Waals surface area contributed by atoms with Gasteiger partial charge in [-0.25, -0.2) is 0 Å². The Balaban J connectivity index is 2.05. The van der Waals surface area contributed by atoms with Gasteiger partial charge in [0, 0.05) is 0 Å². The summed E-state index contributed by atoms with van der Waals surface area (Å²) in [5.74, 6) is 0.261. The van der Waals surface area contributed by atoms with E-state index in [0.29, 0.717) is 17.7 Å². The number of thiophene rings is 1. The van der Waals surface area contributed by atoms with E-state index in [-0.39, 0.29) is 11.2 Å². The molecule has 2 heterocycles. The van der Waals surface area contributed by atoms with Gasteiger partial charge in [0.25, 0.3) is 11.1 Å². The number of aromatic nitrogens is 2. The van der Waals surface area contributed by atoms with E-state index >= 15 is 0 Å². The zero-order chi connectivity index (χ0) is 14.4. The summed E-state index contributed by atoms with van der Waals surface area (Å²) in [5, 5.41) is 10.0. The van der Waals surface area contributed by atoms with E-state index in [9.17, 15) is 4.79 Å². The molecule has 108 valence electrons. The predicted octanol–water partition coefficient (Wildman–Crippen LogP) is 3.62. The monoisotopic (exact) mass is 312 g/mol. The fraction of sp³-hybridized carbons (Fsp3) is 0.462. The number of esters is 1. The van der Waals surface area contributed by atoms with Gasteiger partial charge >= 0.3 is 5.97 Å². The maximum absolute atomic E-state index is 11.8. The van der Waals surface area contributed by atoms with E-state index in [4.69, 9.17) is 9.15 Å². The fourth-order valence-electron chi connectivity index (χ4n) is 1.60. The van der Waals surface area contributed by atoms with Crippen molar-refractivity contribution in [2.24, 2.45) is 0 Å². The summed E-state index contributed by atoms with van der Waals surface area (Å²) in [6.07, 6.45) is 1.61. The van der Waals surface area contributed by atoms with Crippen molar-refractivity contribution >= 4 is 29.1 Å². The largest absolute Gasteiger partial charge is 0.465 e. The zero-order valence-corrected chi connectivity index (χ0v) is 13.0. The third-order valence-electron chi connectivity index (χ3n) is 2.48. The van der Waals surface area contributed by atoms with Gasteiger partial charge < -0.3 is 9.15 Å². The topological polar surface area (TPSA) is 65.2 Å². The molecule has 0 bridgehead atoms. The number of carbonyl (C=O) groups excluding carboxylic acids is 1. The molecule has 0 aromatic carbocycles. The molecule has 0 radical (unpaired) electrons. The molecule has 0 aliphatic rings. The Morgan fingerprint density at radius 2 is 2.35 bits per heavy atom. The highest BCUT2D eigenvalue weighted by atomic mass is 32.2. The minimum absolute atomic E-state index is 0.227. The molecular weight excluding hydrogens is 296 g/mol. The van der Waals surface area contributed by atoms with E-state index in [1.807, 2.05) is 24.4 Å². The third-order valence-corrected chi connectivity index (χ3v) is 4.42. The number of nitrogens with zero attached hydrogens (tertiary/aromatic N) is 2. The highest BCUT2D eigenvalue weighted by Crippen LogP contribution is 2.30. The first-order valence-corrected chi connectivity index (χ1v) is 8.21. The molecule has 0 fully saturated rings. The average Bonchev–Trinajstić information content (AvgIpc) is 3.09. The predicted molar refractivity (Wildman–Crippen MR) is 78.8 cm³/mol. The molecule has 0 saturated carbocycles. The number of thioether (sulfide) groups is 1. The second-order valence-electron chi connectivity index (χ2n) is 4.00. The van der Waals surface area contributed by atoms with Crippen molar-refractivity contribution < 1.29 is 13.9 Å². The molecule has 0 aliphatic carbocycles. The van der Waals surface area contributed by atoms with Gasteiger partial charge in [-0.1, -0.05) is 31.2 Å². The first-order chi connectivity index (χ1) is 9.74. The molecule has 0 spiro atoms. The third kappa shape index (κ3) is 3.83. The zero-order valence-electron chi connectivity index (χ0n) is 11.4. The lowest BCUT2D eigenvalue weighted by Gasteiger charge is -2.11. The van der Waals surface area contributed by atoms with Crippen molar-refractivity contribution in [2.45, 2.75) is 37.2 Å². The number of ether oxygens (including phenoxy) is 1. The Morgan fingerprint density at radius 3 is 3.00 bits per heavy atom. The van der Waals surface area contributed by atoms with Gasteiger partial charge in [-0.05, 0) is 24.8 Å². The van der Waals surface area contributed by atoms with Crippen LogP contribution in [-0.2, 0) is 9.53 Å². The normalized spacial score (nSPS) is 12.3. The molecule has 0 aliphatic heterocycles. The Kier molecular flexibility index (Phi) is 5.60. The van der Waals surface area contributed by atoms with Crippen molar-refractivity contribution in [1.82, 2.24) is 10.2 Å². The highest BCUT2D eigenvalue weighted by Gasteiger charge is 2.23. The number of rotatable bonds is 7. The van der Waals surface area contributed by atoms with Gasteiger partial charge in [0.05, 0.1) is 11.5 Å². The maximum Gasteiger partial charge on any atom is 0.319 e. The molecule has 0 N–H and O–H groups in total. The summed E-state index contributed by atoms with van der Waals surface area (Å²) in [4.78, 5) is 12.8. The lowest BCUT2D eigenvalue weighted by Crippen LogP contribution is -2.20. The molecule has 5 nitrogen and oxygen atoms in total. The first-order valence-electron chi connectivity index (χ1n) is 6.45. The summed E-state index contributed by atoms with van der Waals surface area (Å²) < 4.78 is 10.6. The molecule has 2 aromatic heterocycles. The lowest BCUT2D eigenvalue weighted by atomic mass is 10.2. The lowest BCUT2D eigenvalue weighted by molar-refractivity contribution is -0.142. The smallest absolute Gasteiger partial charge is 0.319 e. The minimum Gasteiger partial charge on any atom is -0.465 e. The summed E-state index contributed by atoms with van der Waals surface area (Å²) in [5.41, 5.74) is 0. The van der Waals surface area contributed by atoms with E-state index in [1.165, 1.54) is 23.1 Å². The van der Waals surface area contributed by atoms with Crippen LogP contribution in [0.15, 0.2) is 27.2 Å². The van der Waals surface area contributed by atoms with Gasteiger partial charge in [0.1, 0.15) is 5.25 Å². The van der Waals surface area contributed by atoms with Crippen LogP contribution in [0.25, 0.3) is 10.8 Å². The average molecular weight is 312 g/mol. The second-order valence-corrected chi connectivity index (χ2v) is 6.10. The quantitative estimate of drug-likeness (QED) is 0.574. The molecule has 0 amide bonds. The van der Waals surface area contributed by atoms with Crippen LogP contribution in [-0.4, -0.2) is 28.0 Å². The van der Waals surface area contributed by atoms with E-state index in [1.54, 1.807) is 6.92 Å². The SMILES string of the molecule is CCCC(Sc1nnc(-c2cccs2)o1)C(=O)OCC. The summed E-state index contributed by atoms with van der Waals surface area (Å²) in [6.45, 7) is 4.20. The van der Waals surface area contributed by atoms with Gasteiger partial charge in [-0.15, -0.1) is 21.5 Å². The highest BCUT2D eigenvalue weighted by molar-refractivity contribution is 8.00. The molecule has 1 atom stereocenters.